The zero-order valence-corrected chi connectivity index (χ0v) is 28.9. The van der Waals surface area contributed by atoms with E-state index in [1.807, 2.05) is 102 Å². The molecule has 3 aromatic rings. The number of carbonyl (C=O) groups is 4. The second-order valence-electron chi connectivity index (χ2n) is 13.8. The number of thiazole rings is 1. The fourth-order valence-corrected chi connectivity index (χ4v) is 6.52. The molecule has 2 heterocycles. The molecule has 0 saturated carbocycles. The lowest BCUT2D eigenvalue weighted by molar-refractivity contribution is -0.144. The summed E-state index contributed by atoms with van der Waals surface area (Å²) in [7, 11) is 0. The SMILES string of the molecule is Cc1ncsc1-c1ccc(CNC(=O)C2CC(O)CN2C(=O)C(NC(=O)C(Cc2ccccc2)NC(=O)CC(C)C)C(C)(C)C)cc1. The summed E-state index contributed by atoms with van der Waals surface area (Å²) in [5.41, 5.74) is 4.85. The van der Waals surface area contributed by atoms with Crippen LogP contribution in [0.4, 0.5) is 0 Å². The highest BCUT2D eigenvalue weighted by Gasteiger charge is 2.45. The highest BCUT2D eigenvalue weighted by atomic mass is 32.1. The van der Waals surface area contributed by atoms with Gasteiger partial charge in [-0.3, -0.25) is 19.2 Å². The monoisotopic (exact) mass is 661 g/mol. The fourth-order valence-electron chi connectivity index (χ4n) is 5.71. The van der Waals surface area contributed by atoms with Crippen molar-refractivity contribution < 1.29 is 24.3 Å². The van der Waals surface area contributed by atoms with Gasteiger partial charge in [-0.05, 0) is 34.9 Å². The number of aryl methyl sites for hydroxylation is 1. The number of amides is 4. The Kier molecular flexibility index (Phi) is 11.9. The Morgan fingerprint density at radius 2 is 1.68 bits per heavy atom. The minimum atomic E-state index is -1.02. The van der Waals surface area contributed by atoms with Gasteiger partial charge in [-0.15, -0.1) is 11.3 Å². The smallest absolute Gasteiger partial charge is 0.246 e. The maximum Gasteiger partial charge on any atom is 0.246 e. The summed E-state index contributed by atoms with van der Waals surface area (Å²) in [6, 6.07) is 14.4. The Hall–Kier alpha value is -4.09. The number of nitrogens with one attached hydrogen (secondary N) is 3. The van der Waals surface area contributed by atoms with Gasteiger partial charge in [0.2, 0.25) is 23.6 Å². The summed E-state index contributed by atoms with van der Waals surface area (Å²) < 4.78 is 0. The van der Waals surface area contributed by atoms with E-state index in [4.69, 9.17) is 0 Å². The summed E-state index contributed by atoms with van der Waals surface area (Å²) >= 11 is 1.57. The van der Waals surface area contributed by atoms with E-state index < -0.39 is 41.5 Å². The van der Waals surface area contributed by atoms with Gasteiger partial charge < -0.3 is 26.0 Å². The number of aliphatic hydroxyl groups excluding tert-OH is 1. The van der Waals surface area contributed by atoms with E-state index >= 15 is 0 Å². The molecule has 2 aromatic carbocycles. The Morgan fingerprint density at radius 3 is 2.28 bits per heavy atom. The van der Waals surface area contributed by atoms with Crippen LogP contribution in [0.5, 0.6) is 0 Å². The van der Waals surface area contributed by atoms with E-state index in [-0.39, 0.29) is 50.1 Å². The fraction of sp³-hybridized carbons (Fsp3) is 0.472. The molecule has 1 aliphatic heterocycles. The van der Waals surface area contributed by atoms with Crippen molar-refractivity contribution in [2.75, 3.05) is 6.54 Å². The Bertz CT molecular complexity index is 1530. The van der Waals surface area contributed by atoms with Crippen LogP contribution in [0.2, 0.25) is 0 Å². The molecular weight excluding hydrogens is 614 g/mol. The molecule has 10 nitrogen and oxygen atoms in total. The predicted octanol–water partition coefficient (Wildman–Crippen LogP) is 4.00. The number of aliphatic hydroxyl groups is 1. The molecule has 1 saturated heterocycles. The normalized spacial score (nSPS) is 17.7. The molecule has 1 fully saturated rings. The maximum atomic E-state index is 14.1. The van der Waals surface area contributed by atoms with E-state index in [1.54, 1.807) is 11.3 Å². The molecule has 47 heavy (non-hydrogen) atoms. The van der Waals surface area contributed by atoms with Crippen LogP contribution in [0.1, 0.15) is 64.3 Å². The van der Waals surface area contributed by atoms with Crippen molar-refractivity contribution in [2.24, 2.45) is 11.3 Å². The van der Waals surface area contributed by atoms with Gasteiger partial charge >= 0.3 is 0 Å². The van der Waals surface area contributed by atoms with Gasteiger partial charge in [0, 0.05) is 32.4 Å². The summed E-state index contributed by atoms with van der Waals surface area (Å²) in [6.45, 7) is 11.5. The third-order valence-electron chi connectivity index (χ3n) is 8.22. The average molecular weight is 662 g/mol. The molecule has 4 rings (SSSR count). The van der Waals surface area contributed by atoms with Crippen LogP contribution in [-0.4, -0.2) is 69.4 Å². The number of hydrogen-bond acceptors (Lipinski definition) is 7. The molecule has 1 aliphatic rings. The van der Waals surface area contributed by atoms with E-state index in [9.17, 15) is 24.3 Å². The summed E-state index contributed by atoms with van der Waals surface area (Å²) in [5.74, 6) is -1.46. The van der Waals surface area contributed by atoms with Crippen LogP contribution in [0.15, 0.2) is 60.1 Å². The molecule has 0 radical (unpaired) electrons. The maximum absolute atomic E-state index is 14.1. The van der Waals surface area contributed by atoms with Crippen molar-refractivity contribution in [1.82, 2.24) is 25.8 Å². The minimum absolute atomic E-state index is 0.0269. The molecule has 4 N–H and O–H groups in total. The molecule has 4 amide bonds. The first-order valence-corrected chi connectivity index (χ1v) is 17.0. The van der Waals surface area contributed by atoms with Gasteiger partial charge in [-0.1, -0.05) is 89.2 Å². The highest BCUT2D eigenvalue weighted by Crippen LogP contribution is 2.28. The van der Waals surface area contributed by atoms with Crippen molar-refractivity contribution in [3.05, 3.63) is 76.9 Å². The number of benzene rings is 2. The number of hydrogen-bond donors (Lipinski definition) is 4. The average Bonchev–Trinajstić information content (AvgIpc) is 3.63. The summed E-state index contributed by atoms with van der Waals surface area (Å²) in [4.78, 5) is 60.8. The lowest BCUT2D eigenvalue weighted by Gasteiger charge is -2.36. The third-order valence-corrected chi connectivity index (χ3v) is 9.20. The van der Waals surface area contributed by atoms with Gasteiger partial charge in [0.15, 0.2) is 0 Å². The van der Waals surface area contributed by atoms with Crippen LogP contribution < -0.4 is 16.0 Å². The first kappa shape index (κ1) is 35.8. The number of carbonyl (C=O) groups excluding carboxylic acids is 4. The van der Waals surface area contributed by atoms with Gasteiger partial charge in [0.25, 0.3) is 0 Å². The molecule has 11 heteroatoms. The first-order valence-electron chi connectivity index (χ1n) is 16.1. The summed E-state index contributed by atoms with van der Waals surface area (Å²) in [5, 5.41) is 19.3. The van der Waals surface area contributed by atoms with E-state index in [0.29, 0.717) is 0 Å². The van der Waals surface area contributed by atoms with Crippen molar-refractivity contribution in [1.29, 1.82) is 0 Å². The number of rotatable bonds is 12. The van der Waals surface area contributed by atoms with Crippen molar-refractivity contribution in [3.8, 4) is 10.4 Å². The highest BCUT2D eigenvalue weighted by molar-refractivity contribution is 7.13. The second-order valence-corrected chi connectivity index (χ2v) is 14.6. The van der Waals surface area contributed by atoms with Crippen LogP contribution in [0.25, 0.3) is 10.4 Å². The van der Waals surface area contributed by atoms with E-state index in [2.05, 4.69) is 20.9 Å². The summed E-state index contributed by atoms with van der Waals surface area (Å²) in [6.07, 6.45) is -0.277. The minimum Gasteiger partial charge on any atom is -0.391 e. The molecule has 0 aliphatic carbocycles. The van der Waals surface area contributed by atoms with Gasteiger partial charge in [-0.25, -0.2) is 4.98 Å². The van der Waals surface area contributed by atoms with Crippen molar-refractivity contribution in [3.63, 3.8) is 0 Å². The lowest BCUT2D eigenvalue weighted by Crippen LogP contribution is -2.60. The molecule has 4 unspecified atom stereocenters. The number of β-amino-alcohol motifs (C(OH)–C–C–N with tert-alkyl or cyclic N) is 1. The molecule has 0 spiro atoms. The molecule has 0 bridgehead atoms. The molecular formula is C36H47N5O5S. The first-order chi connectivity index (χ1) is 22.2. The second kappa shape index (κ2) is 15.7. The zero-order chi connectivity index (χ0) is 34.3. The van der Waals surface area contributed by atoms with Crippen LogP contribution in [0.3, 0.4) is 0 Å². The quantitative estimate of drug-likeness (QED) is 0.231. The number of aromatic nitrogens is 1. The van der Waals surface area contributed by atoms with Crippen LogP contribution >= 0.6 is 11.3 Å². The zero-order valence-electron chi connectivity index (χ0n) is 28.1. The molecule has 252 valence electrons. The molecule has 4 atom stereocenters. The van der Waals surface area contributed by atoms with E-state index in [1.165, 1.54) is 4.90 Å². The Morgan fingerprint density at radius 1 is 1.00 bits per heavy atom. The molecule has 1 aromatic heterocycles. The largest absolute Gasteiger partial charge is 0.391 e. The van der Waals surface area contributed by atoms with Gasteiger partial charge in [0.05, 0.1) is 22.2 Å². The van der Waals surface area contributed by atoms with Gasteiger partial charge in [0.1, 0.15) is 18.1 Å². The lowest BCUT2D eigenvalue weighted by atomic mass is 9.85. The Labute approximate surface area is 281 Å². The predicted molar refractivity (Wildman–Crippen MR) is 183 cm³/mol. The third kappa shape index (κ3) is 9.71. The standard InChI is InChI=1S/C36H47N5O5S/c1-22(2)16-30(43)39-28(17-24-10-8-7-9-11-24)33(44)40-32(36(4,5)6)35(46)41-20-27(42)18-29(41)34(45)37-19-25-12-14-26(15-13-25)31-23(3)38-21-47-31/h7-15,21-22,27-29,32,42H,16-20H2,1-6H3,(H,37,45)(H,39,43)(H,40,44). The van der Waals surface area contributed by atoms with Crippen molar-refractivity contribution in [2.45, 2.75) is 91.6 Å². The number of nitrogens with zero attached hydrogens (tertiary/aromatic N) is 2. The van der Waals surface area contributed by atoms with Gasteiger partial charge in [-0.2, -0.15) is 0 Å². The van der Waals surface area contributed by atoms with Crippen LogP contribution in [0, 0.1) is 18.3 Å². The Balaban J connectivity index is 1.46. The number of likely N-dealkylation sites (tertiary alicyclic amines) is 1. The topological polar surface area (TPSA) is 141 Å². The van der Waals surface area contributed by atoms with Crippen molar-refractivity contribution >= 4 is 35.0 Å². The van der Waals surface area contributed by atoms with Crippen LogP contribution in [-0.2, 0) is 32.1 Å². The van der Waals surface area contributed by atoms with E-state index in [0.717, 1.165) is 27.3 Å².